The van der Waals surface area contributed by atoms with Gasteiger partial charge in [0.05, 0.1) is 5.56 Å². The van der Waals surface area contributed by atoms with Crippen LogP contribution in [0.25, 0.3) is 0 Å². The summed E-state index contributed by atoms with van der Waals surface area (Å²) in [4.78, 5) is 14.7. The predicted octanol–water partition coefficient (Wildman–Crippen LogP) is 4.86. The number of aromatic nitrogens is 1. The third-order valence-corrected chi connectivity index (χ3v) is 5.13. The van der Waals surface area contributed by atoms with Gasteiger partial charge in [0.15, 0.2) is 5.78 Å². The Morgan fingerprint density at radius 1 is 0.900 bits per heavy atom. The first-order chi connectivity index (χ1) is 14.0. The van der Waals surface area contributed by atoms with E-state index in [1.54, 1.807) is 0 Å². The van der Waals surface area contributed by atoms with Crippen molar-refractivity contribution in [2.45, 2.75) is 18.0 Å². The fraction of sp³-hybridized carbons (Fsp3) is 0.100. The highest BCUT2D eigenvalue weighted by molar-refractivity contribution is 7.87. The maximum absolute atomic E-state index is 12.5. The first-order valence-corrected chi connectivity index (χ1v) is 9.82. The Balaban J connectivity index is 1.68. The number of pyridine rings is 1. The van der Waals surface area contributed by atoms with Crippen LogP contribution < -0.4 is 8.92 Å². The van der Waals surface area contributed by atoms with Crippen molar-refractivity contribution in [3.63, 3.8) is 0 Å². The minimum atomic E-state index is -4.50. The highest BCUT2D eigenvalue weighted by Gasteiger charge is 2.30. The summed E-state index contributed by atoms with van der Waals surface area (Å²) in [5, 5.41) is 0. The molecule has 0 aliphatic heterocycles. The summed E-state index contributed by atoms with van der Waals surface area (Å²) in [6.45, 7) is 1.36. The van der Waals surface area contributed by atoms with Gasteiger partial charge in [0.1, 0.15) is 16.4 Å². The number of hydrogen-bond donors (Lipinski definition) is 0. The molecule has 10 heteroatoms. The third-order valence-electron chi connectivity index (χ3n) is 3.87. The van der Waals surface area contributed by atoms with Gasteiger partial charge < -0.3 is 8.92 Å². The van der Waals surface area contributed by atoms with Crippen LogP contribution in [0.5, 0.6) is 17.4 Å². The molecular weight excluding hydrogens is 423 g/mol. The van der Waals surface area contributed by atoms with Gasteiger partial charge in [-0.2, -0.15) is 21.6 Å². The lowest BCUT2D eigenvalue weighted by atomic mass is 10.2. The van der Waals surface area contributed by atoms with E-state index in [0.29, 0.717) is 11.8 Å². The van der Waals surface area contributed by atoms with E-state index in [1.165, 1.54) is 55.5 Å². The highest BCUT2D eigenvalue weighted by Crippen LogP contribution is 2.30. The fourth-order valence-corrected chi connectivity index (χ4v) is 3.25. The molecule has 0 spiro atoms. The zero-order valence-electron chi connectivity index (χ0n) is 15.4. The Kier molecular flexibility index (Phi) is 5.79. The summed E-state index contributed by atoms with van der Waals surface area (Å²) < 4.78 is 72.7. The van der Waals surface area contributed by atoms with Crippen LogP contribution in [0, 0.1) is 0 Å². The van der Waals surface area contributed by atoms with Crippen molar-refractivity contribution in [2.24, 2.45) is 0 Å². The zero-order valence-corrected chi connectivity index (χ0v) is 16.2. The number of halogens is 3. The molecule has 0 saturated heterocycles. The quantitative estimate of drug-likeness (QED) is 0.405. The topological polar surface area (TPSA) is 82.6 Å². The van der Waals surface area contributed by atoms with Crippen molar-refractivity contribution in [2.75, 3.05) is 0 Å². The van der Waals surface area contributed by atoms with Crippen molar-refractivity contribution in [3.05, 3.63) is 78.0 Å². The molecule has 3 aromatic rings. The second-order valence-electron chi connectivity index (χ2n) is 6.07. The van der Waals surface area contributed by atoms with Crippen molar-refractivity contribution in [3.8, 4) is 17.4 Å². The van der Waals surface area contributed by atoms with E-state index in [-0.39, 0.29) is 28.1 Å². The van der Waals surface area contributed by atoms with Crippen LogP contribution in [0.3, 0.4) is 0 Å². The molecule has 0 aliphatic carbocycles. The van der Waals surface area contributed by atoms with Crippen LogP contribution in [0.15, 0.2) is 71.8 Å². The Hall–Kier alpha value is -3.40. The molecular formula is C20H14F3NO5S. The highest BCUT2D eigenvalue weighted by atomic mass is 32.2. The van der Waals surface area contributed by atoms with Crippen molar-refractivity contribution in [1.82, 2.24) is 4.98 Å². The van der Waals surface area contributed by atoms with E-state index >= 15 is 0 Å². The first kappa shape index (κ1) is 21.3. The lowest BCUT2D eigenvalue weighted by Crippen LogP contribution is -2.10. The molecule has 0 radical (unpaired) electrons. The number of benzene rings is 2. The second-order valence-corrected chi connectivity index (χ2v) is 7.62. The van der Waals surface area contributed by atoms with Gasteiger partial charge in [-0.1, -0.05) is 12.1 Å². The van der Waals surface area contributed by atoms with Gasteiger partial charge >= 0.3 is 16.3 Å². The summed E-state index contributed by atoms with van der Waals surface area (Å²) >= 11 is 0. The predicted molar refractivity (Wildman–Crippen MR) is 100 cm³/mol. The smallest absolute Gasteiger partial charge is 0.417 e. The summed E-state index contributed by atoms with van der Waals surface area (Å²) in [5.74, 6) is -0.0379. The summed E-state index contributed by atoms with van der Waals surface area (Å²) in [6.07, 6.45) is -3.85. The molecule has 1 aromatic heterocycles. The molecule has 0 atom stereocenters. The molecule has 0 aliphatic rings. The van der Waals surface area contributed by atoms with Crippen LogP contribution in [-0.4, -0.2) is 19.2 Å². The minimum Gasteiger partial charge on any atom is -0.439 e. The maximum atomic E-state index is 12.5. The van der Waals surface area contributed by atoms with Gasteiger partial charge in [0, 0.05) is 17.8 Å². The maximum Gasteiger partial charge on any atom is 0.417 e. The number of nitrogens with zero attached hydrogens (tertiary/aromatic N) is 1. The van der Waals surface area contributed by atoms with Gasteiger partial charge in [0.2, 0.25) is 5.88 Å². The molecule has 0 N–H and O–H groups in total. The Labute approximate surface area is 170 Å². The summed E-state index contributed by atoms with van der Waals surface area (Å²) in [7, 11) is -4.12. The van der Waals surface area contributed by atoms with Crippen molar-refractivity contribution in [1.29, 1.82) is 0 Å². The number of rotatable bonds is 6. The zero-order chi connectivity index (χ0) is 21.9. The van der Waals surface area contributed by atoms with Gasteiger partial charge in [-0.15, -0.1) is 0 Å². The number of Topliss-reactive ketones (excluding diaryl/α,β-unsaturated/α-hetero) is 1. The molecule has 0 fully saturated rings. The third kappa shape index (κ3) is 5.15. The number of carbonyl (C=O) groups is 1. The van der Waals surface area contributed by atoms with E-state index in [9.17, 15) is 26.4 Å². The van der Waals surface area contributed by atoms with Gasteiger partial charge in [-0.05, 0) is 49.4 Å². The number of hydrogen-bond acceptors (Lipinski definition) is 6. The van der Waals surface area contributed by atoms with E-state index in [4.69, 9.17) is 8.92 Å². The van der Waals surface area contributed by atoms with E-state index in [1.807, 2.05) is 0 Å². The van der Waals surface area contributed by atoms with Crippen LogP contribution in [-0.2, 0) is 16.3 Å². The van der Waals surface area contributed by atoms with E-state index in [2.05, 4.69) is 4.98 Å². The van der Waals surface area contributed by atoms with Crippen molar-refractivity contribution < 1.29 is 35.3 Å². The standard InChI is InChI=1S/C20H14F3NO5S/c1-13(25)14-2-9-18(10-3-14)30(26,27)29-17-7-5-16(6-8-17)28-19-11-4-15(12-24-19)20(21,22)23/h2-12H,1H3. The van der Waals surface area contributed by atoms with Crippen molar-refractivity contribution >= 4 is 15.9 Å². The van der Waals surface area contributed by atoms with Gasteiger partial charge in [-0.3, -0.25) is 4.79 Å². The Morgan fingerprint density at radius 2 is 1.50 bits per heavy atom. The molecule has 3 rings (SSSR count). The van der Waals surface area contributed by atoms with Crippen LogP contribution in [0.1, 0.15) is 22.8 Å². The van der Waals surface area contributed by atoms with Crippen LogP contribution in [0.2, 0.25) is 0 Å². The Morgan fingerprint density at radius 3 is 2.00 bits per heavy atom. The molecule has 6 nitrogen and oxygen atoms in total. The number of alkyl halides is 3. The minimum absolute atomic E-state index is 0.00151. The molecule has 1 heterocycles. The molecule has 156 valence electrons. The SMILES string of the molecule is CC(=O)c1ccc(S(=O)(=O)Oc2ccc(Oc3ccc(C(F)(F)F)cn3)cc2)cc1. The van der Waals surface area contributed by atoms with E-state index < -0.39 is 21.9 Å². The first-order valence-electron chi connectivity index (χ1n) is 8.41. The second kappa shape index (κ2) is 8.15. The van der Waals surface area contributed by atoms with Crippen LogP contribution in [0.4, 0.5) is 13.2 Å². The average Bonchev–Trinajstić information content (AvgIpc) is 2.69. The summed E-state index contributed by atoms with van der Waals surface area (Å²) in [6, 6.07) is 12.6. The fourth-order valence-electron chi connectivity index (χ4n) is 2.32. The van der Waals surface area contributed by atoms with Gasteiger partial charge in [-0.25, -0.2) is 4.98 Å². The molecule has 0 unspecified atom stereocenters. The Bertz CT molecular complexity index is 1140. The number of carbonyl (C=O) groups excluding carboxylic acids is 1. The monoisotopic (exact) mass is 437 g/mol. The molecule has 0 amide bonds. The van der Waals surface area contributed by atoms with E-state index in [0.717, 1.165) is 12.1 Å². The lowest BCUT2D eigenvalue weighted by Gasteiger charge is -2.10. The molecule has 30 heavy (non-hydrogen) atoms. The van der Waals surface area contributed by atoms with Gasteiger partial charge in [0.25, 0.3) is 0 Å². The van der Waals surface area contributed by atoms with Crippen LogP contribution >= 0.6 is 0 Å². The number of ether oxygens (including phenoxy) is 1. The summed E-state index contributed by atoms with van der Waals surface area (Å²) in [5.41, 5.74) is -0.535. The largest absolute Gasteiger partial charge is 0.439 e. The normalized spacial score (nSPS) is 11.7. The molecule has 2 aromatic carbocycles. The molecule has 0 bridgehead atoms. The molecule has 0 saturated carbocycles. The lowest BCUT2D eigenvalue weighted by molar-refractivity contribution is -0.137. The number of ketones is 1. The average molecular weight is 437 g/mol.